The topological polar surface area (TPSA) is 55.5 Å². The van der Waals surface area contributed by atoms with E-state index in [0.717, 1.165) is 5.56 Å². The quantitative estimate of drug-likeness (QED) is 0.687. The zero-order valence-electron chi connectivity index (χ0n) is 8.16. The van der Waals surface area contributed by atoms with E-state index >= 15 is 0 Å². The van der Waals surface area contributed by atoms with Gasteiger partial charge in [0.15, 0.2) is 0 Å². The minimum Gasteiger partial charge on any atom is -0.508 e. The molecule has 0 atom stereocenters. The van der Waals surface area contributed by atoms with Gasteiger partial charge in [0.2, 0.25) is 0 Å². The second-order valence-corrected chi connectivity index (χ2v) is 3.31. The molecule has 0 unspecified atom stereocenters. The third kappa shape index (κ3) is 1.86. The molecule has 1 aromatic rings. The molecule has 0 radical (unpaired) electrons. The van der Waals surface area contributed by atoms with E-state index in [1.807, 2.05) is 13.8 Å². The number of nitrogen functional groups attached to an aromatic ring is 1. The van der Waals surface area contributed by atoms with E-state index in [1.165, 1.54) is 6.07 Å². The lowest BCUT2D eigenvalue weighted by molar-refractivity contribution is 0.407. The summed E-state index contributed by atoms with van der Waals surface area (Å²) in [5.41, 5.74) is 7.09. The van der Waals surface area contributed by atoms with E-state index in [-0.39, 0.29) is 11.7 Å². The molecule has 0 saturated heterocycles. The zero-order valence-corrected chi connectivity index (χ0v) is 8.16. The molecule has 0 saturated carbocycles. The Hall–Kier alpha value is -1.38. The van der Waals surface area contributed by atoms with E-state index in [9.17, 15) is 5.11 Å². The van der Waals surface area contributed by atoms with Gasteiger partial charge in [-0.15, -0.1) is 0 Å². The van der Waals surface area contributed by atoms with E-state index in [2.05, 4.69) is 0 Å². The highest BCUT2D eigenvalue weighted by atomic mass is 16.5. The monoisotopic (exact) mass is 181 g/mol. The summed E-state index contributed by atoms with van der Waals surface area (Å²) < 4.78 is 5.16. The Labute approximate surface area is 78.1 Å². The molecule has 0 heterocycles. The molecule has 13 heavy (non-hydrogen) atoms. The minimum absolute atomic E-state index is 0.182. The van der Waals surface area contributed by atoms with Crippen molar-refractivity contribution in [3.05, 3.63) is 17.7 Å². The van der Waals surface area contributed by atoms with Crippen LogP contribution in [0, 0.1) is 0 Å². The minimum atomic E-state index is 0.182. The van der Waals surface area contributed by atoms with Crippen LogP contribution in [0.2, 0.25) is 0 Å². The average Bonchev–Trinajstić information content (AvgIpc) is 2.02. The lowest BCUT2D eigenvalue weighted by Crippen LogP contribution is -1.98. The van der Waals surface area contributed by atoms with Gasteiger partial charge in [0.25, 0.3) is 0 Å². The molecule has 3 N–H and O–H groups in total. The Morgan fingerprint density at radius 3 is 2.46 bits per heavy atom. The molecule has 0 aliphatic heterocycles. The second-order valence-electron chi connectivity index (χ2n) is 3.31. The van der Waals surface area contributed by atoms with Crippen molar-refractivity contribution >= 4 is 5.69 Å². The maximum atomic E-state index is 9.33. The number of hydrogen-bond donors (Lipinski definition) is 2. The first-order valence-electron chi connectivity index (χ1n) is 4.22. The highest BCUT2D eigenvalue weighted by molar-refractivity contribution is 5.61. The van der Waals surface area contributed by atoms with Crippen molar-refractivity contribution in [3.63, 3.8) is 0 Å². The molecule has 0 bridgehead atoms. The second kappa shape index (κ2) is 3.56. The number of rotatable bonds is 2. The van der Waals surface area contributed by atoms with Crippen molar-refractivity contribution in [2.45, 2.75) is 19.8 Å². The maximum absolute atomic E-state index is 9.33. The van der Waals surface area contributed by atoms with Crippen LogP contribution < -0.4 is 10.5 Å². The van der Waals surface area contributed by atoms with Crippen LogP contribution in [0.1, 0.15) is 25.3 Å². The molecule has 1 aromatic carbocycles. The number of aromatic hydroxyl groups is 1. The molecule has 0 spiro atoms. The molecule has 72 valence electrons. The van der Waals surface area contributed by atoms with Gasteiger partial charge in [-0.1, -0.05) is 13.8 Å². The van der Waals surface area contributed by atoms with Gasteiger partial charge in [-0.3, -0.25) is 0 Å². The van der Waals surface area contributed by atoms with Crippen LogP contribution in [0.25, 0.3) is 0 Å². The standard InChI is InChI=1S/C10H15NO2/c1-6(2)8-4-7(12)5-9(11)10(8)13-3/h4-6,12H,11H2,1-3H3. The van der Waals surface area contributed by atoms with Crippen molar-refractivity contribution < 1.29 is 9.84 Å². The van der Waals surface area contributed by atoms with Crippen molar-refractivity contribution in [1.29, 1.82) is 0 Å². The van der Waals surface area contributed by atoms with Crippen LogP contribution in [0.4, 0.5) is 5.69 Å². The number of methoxy groups -OCH3 is 1. The third-order valence-corrected chi connectivity index (χ3v) is 1.96. The molecule has 0 aromatic heterocycles. The summed E-state index contributed by atoms with van der Waals surface area (Å²) >= 11 is 0. The first-order chi connectivity index (χ1) is 6.06. The van der Waals surface area contributed by atoms with Crippen LogP contribution in [-0.4, -0.2) is 12.2 Å². The van der Waals surface area contributed by atoms with Gasteiger partial charge >= 0.3 is 0 Å². The summed E-state index contributed by atoms with van der Waals surface area (Å²) in [6, 6.07) is 3.17. The fourth-order valence-electron chi connectivity index (χ4n) is 1.32. The Kier molecular flexibility index (Phi) is 2.66. The summed E-state index contributed by atoms with van der Waals surface area (Å²) in [6.07, 6.45) is 0. The Balaban J connectivity index is 3.29. The maximum Gasteiger partial charge on any atom is 0.145 e. The lowest BCUT2D eigenvalue weighted by Gasteiger charge is -2.14. The fourth-order valence-corrected chi connectivity index (χ4v) is 1.32. The van der Waals surface area contributed by atoms with Crippen molar-refractivity contribution in [2.75, 3.05) is 12.8 Å². The first kappa shape index (κ1) is 9.71. The van der Waals surface area contributed by atoms with Crippen LogP contribution in [0.15, 0.2) is 12.1 Å². The largest absolute Gasteiger partial charge is 0.508 e. The van der Waals surface area contributed by atoms with Crippen LogP contribution in [0.5, 0.6) is 11.5 Å². The summed E-state index contributed by atoms with van der Waals surface area (Å²) in [6.45, 7) is 4.05. The van der Waals surface area contributed by atoms with Gasteiger partial charge in [0.05, 0.1) is 12.8 Å². The number of benzene rings is 1. The predicted octanol–water partition coefficient (Wildman–Crippen LogP) is 2.11. The van der Waals surface area contributed by atoms with Gasteiger partial charge in [0, 0.05) is 11.6 Å². The van der Waals surface area contributed by atoms with Crippen molar-refractivity contribution in [3.8, 4) is 11.5 Å². The molecular weight excluding hydrogens is 166 g/mol. The third-order valence-electron chi connectivity index (χ3n) is 1.96. The van der Waals surface area contributed by atoms with Gasteiger partial charge in [-0.25, -0.2) is 0 Å². The van der Waals surface area contributed by atoms with Crippen LogP contribution in [0.3, 0.4) is 0 Å². The van der Waals surface area contributed by atoms with Crippen LogP contribution >= 0.6 is 0 Å². The predicted molar refractivity (Wildman–Crippen MR) is 53.2 cm³/mol. The molecule has 1 rings (SSSR count). The van der Waals surface area contributed by atoms with E-state index in [0.29, 0.717) is 11.4 Å². The van der Waals surface area contributed by atoms with Gasteiger partial charge < -0.3 is 15.6 Å². The number of phenols is 1. The highest BCUT2D eigenvalue weighted by Crippen LogP contribution is 2.35. The van der Waals surface area contributed by atoms with Crippen molar-refractivity contribution in [1.82, 2.24) is 0 Å². The number of phenolic OH excluding ortho intramolecular Hbond substituents is 1. The number of anilines is 1. The molecule has 0 fully saturated rings. The molecule has 0 amide bonds. The number of ether oxygens (including phenoxy) is 1. The smallest absolute Gasteiger partial charge is 0.145 e. The fraction of sp³-hybridized carbons (Fsp3) is 0.400. The summed E-state index contributed by atoms with van der Waals surface area (Å²) in [5.74, 6) is 1.12. The number of nitrogens with two attached hydrogens (primary N) is 1. The SMILES string of the molecule is COc1c(N)cc(O)cc1C(C)C. The van der Waals surface area contributed by atoms with Crippen LogP contribution in [-0.2, 0) is 0 Å². The molecule has 0 aliphatic carbocycles. The highest BCUT2D eigenvalue weighted by Gasteiger charge is 2.11. The van der Waals surface area contributed by atoms with Crippen molar-refractivity contribution in [2.24, 2.45) is 0 Å². The van der Waals surface area contributed by atoms with E-state index in [4.69, 9.17) is 10.5 Å². The average molecular weight is 181 g/mol. The number of hydrogen-bond acceptors (Lipinski definition) is 3. The van der Waals surface area contributed by atoms with E-state index < -0.39 is 0 Å². The Morgan fingerprint density at radius 2 is 2.00 bits per heavy atom. The molecular formula is C10H15NO2. The zero-order chi connectivity index (χ0) is 10.0. The summed E-state index contributed by atoms with van der Waals surface area (Å²) in [7, 11) is 1.58. The Bertz CT molecular complexity index is 308. The van der Waals surface area contributed by atoms with Gasteiger partial charge in [-0.2, -0.15) is 0 Å². The van der Waals surface area contributed by atoms with Gasteiger partial charge in [0.1, 0.15) is 11.5 Å². The Morgan fingerprint density at radius 1 is 1.38 bits per heavy atom. The molecule has 3 heteroatoms. The lowest BCUT2D eigenvalue weighted by atomic mass is 10.0. The first-order valence-corrected chi connectivity index (χ1v) is 4.22. The van der Waals surface area contributed by atoms with Gasteiger partial charge in [-0.05, 0) is 12.0 Å². The summed E-state index contributed by atoms with van der Waals surface area (Å²) in [5, 5.41) is 9.33. The normalized spacial score (nSPS) is 10.5. The molecule has 3 nitrogen and oxygen atoms in total. The summed E-state index contributed by atoms with van der Waals surface area (Å²) in [4.78, 5) is 0. The molecule has 0 aliphatic rings. The van der Waals surface area contributed by atoms with E-state index in [1.54, 1.807) is 13.2 Å².